The second-order valence-corrected chi connectivity index (χ2v) is 7.89. The van der Waals surface area contributed by atoms with Gasteiger partial charge in [-0.1, -0.05) is 18.2 Å². The number of anilines is 1. The fourth-order valence-electron chi connectivity index (χ4n) is 3.30. The van der Waals surface area contributed by atoms with E-state index < -0.39 is 0 Å². The Bertz CT molecular complexity index is 743. The fraction of sp³-hybridized carbons (Fsp3) is 0.474. The van der Waals surface area contributed by atoms with Gasteiger partial charge < -0.3 is 14.7 Å². The summed E-state index contributed by atoms with van der Waals surface area (Å²) >= 11 is 1.56. The highest BCUT2D eigenvalue weighted by Gasteiger charge is 2.29. The Morgan fingerprint density at radius 1 is 1.32 bits per heavy atom. The molecule has 1 aliphatic rings. The molecule has 0 radical (unpaired) electrons. The number of benzene rings is 1. The second-order valence-electron chi connectivity index (χ2n) is 6.94. The van der Waals surface area contributed by atoms with Crippen molar-refractivity contribution in [2.45, 2.75) is 26.4 Å². The van der Waals surface area contributed by atoms with E-state index in [2.05, 4.69) is 52.9 Å². The van der Waals surface area contributed by atoms with Crippen molar-refractivity contribution in [1.82, 2.24) is 14.8 Å². The topological polar surface area (TPSA) is 39.7 Å². The maximum Gasteiger partial charge on any atom is 0.273 e. The standard InChI is InChI=1S/C19H26N4OS/c1-14-7-5-6-8-17(14)22-9-10-23(15(2)11-22)19(24)16-13-25-18(20-16)12-21(3)4/h5-8,13,15H,9-12H2,1-4H3/t15-/m1/s1. The van der Waals surface area contributed by atoms with Crippen molar-refractivity contribution in [1.29, 1.82) is 0 Å². The van der Waals surface area contributed by atoms with Gasteiger partial charge in [-0.3, -0.25) is 4.79 Å². The Labute approximate surface area is 153 Å². The third kappa shape index (κ3) is 4.02. The van der Waals surface area contributed by atoms with Crippen LogP contribution in [0.15, 0.2) is 29.6 Å². The van der Waals surface area contributed by atoms with E-state index in [0.29, 0.717) is 5.69 Å². The third-order valence-electron chi connectivity index (χ3n) is 4.57. The van der Waals surface area contributed by atoms with E-state index >= 15 is 0 Å². The Hall–Kier alpha value is -1.92. The van der Waals surface area contributed by atoms with Gasteiger partial charge in [0.1, 0.15) is 10.7 Å². The number of carbonyl (C=O) groups excluding carboxylic acids is 1. The summed E-state index contributed by atoms with van der Waals surface area (Å²) in [5.74, 6) is 0.0539. The van der Waals surface area contributed by atoms with Gasteiger partial charge in [-0.2, -0.15) is 0 Å². The van der Waals surface area contributed by atoms with Crippen LogP contribution in [0.5, 0.6) is 0 Å². The number of piperazine rings is 1. The van der Waals surface area contributed by atoms with Gasteiger partial charge in [0.15, 0.2) is 0 Å². The van der Waals surface area contributed by atoms with Crippen LogP contribution in [-0.2, 0) is 6.54 Å². The second kappa shape index (κ2) is 7.54. The first kappa shape index (κ1) is 17.9. The molecule has 1 fully saturated rings. The zero-order valence-corrected chi connectivity index (χ0v) is 16.2. The Morgan fingerprint density at radius 2 is 2.08 bits per heavy atom. The summed E-state index contributed by atoms with van der Waals surface area (Å²) in [6.45, 7) is 7.47. The number of rotatable bonds is 4. The van der Waals surface area contributed by atoms with Crippen molar-refractivity contribution in [2.24, 2.45) is 0 Å². The number of para-hydroxylation sites is 1. The third-order valence-corrected chi connectivity index (χ3v) is 5.40. The first-order valence-corrected chi connectivity index (χ1v) is 9.54. The summed E-state index contributed by atoms with van der Waals surface area (Å²) in [5.41, 5.74) is 3.13. The van der Waals surface area contributed by atoms with Gasteiger partial charge in [-0.05, 0) is 39.6 Å². The van der Waals surface area contributed by atoms with Gasteiger partial charge in [0.2, 0.25) is 0 Å². The molecule has 0 aliphatic carbocycles. The number of hydrogen-bond acceptors (Lipinski definition) is 5. The highest BCUT2D eigenvalue weighted by Crippen LogP contribution is 2.24. The normalized spacial score (nSPS) is 18.0. The largest absolute Gasteiger partial charge is 0.367 e. The van der Waals surface area contributed by atoms with Gasteiger partial charge >= 0.3 is 0 Å². The number of aromatic nitrogens is 1. The molecular weight excluding hydrogens is 332 g/mol. The van der Waals surface area contributed by atoms with Gasteiger partial charge in [-0.15, -0.1) is 11.3 Å². The van der Waals surface area contributed by atoms with E-state index in [-0.39, 0.29) is 11.9 Å². The first-order chi connectivity index (χ1) is 12.0. The van der Waals surface area contributed by atoms with Crippen molar-refractivity contribution >= 4 is 22.9 Å². The summed E-state index contributed by atoms with van der Waals surface area (Å²) in [6, 6.07) is 8.61. The number of aryl methyl sites for hydroxylation is 1. The van der Waals surface area contributed by atoms with Crippen molar-refractivity contribution in [3.8, 4) is 0 Å². The number of carbonyl (C=O) groups is 1. The Balaban J connectivity index is 1.68. The molecule has 25 heavy (non-hydrogen) atoms. The lowest BCUT2D eigenvalue weighted by molar-refractivity contribution is 0.0668. The number of thiazole rings is 1. The van der Waals surface area contributed by atoms with Crippen molar-refractivity contribution in [3.05, 3.63) is 45.9 Å². The van der Waals surface area contributed by atoms with Crippen LogP contribution in [0.1, 0.15) is 28.0 Å². The average Bonchev–Trinajstić information content (AvgIpc) is 3.02. The molecule has 1 aliphatic heterocycles. The summed E-state index contributed by atoms with van der Waals surface area (Å²) in [4.78, 5) is 23.8. The predicted octanol–water partition coefficient (Wildman–Crippen LogP) is 2.86. The van der Waals surface area contributed by atoms with Gasteiger partial charge in [0.25, 0.3) is 5.91 Å². The number of nitrogens with zero attached hydrogens (tertiary/aromatic N) is 4. The minimum atomic E-state index is 0.0539. The van der Waals surface area contributed by atoms with Gasteiger partial charge in [-0.25, -0.2) is 4.98 Å². The van der Waals surface area contributed by atoms with Crippen LogP contribution in [0, 0.1) is 6.92 Å². The SMILES string of the molecule is Cc1ccccc1N1CCN(C(=O)c2csc(CN(C)C)n2)[C@H](C)C1. The molecule has 5 nitrogen and oxygen atoms in total. The lowest BCUT2D eigenvalue weighted by atomic mass is 10.1. The molecule has 1 atom stereocenters. The summed E-state index contributed by atoms with van der Waals surface area (Å²) in [6.07, 6.45) is 0. The molecule has 0 saturated carbocycles. The molecule has 0 spiro atoms. The van der Waals surface area contributed by atoms with Gasteiger partial charge in [0.05, 0.1) is 0 Å². The Kier molecular flexibility index (Phi) is 5.39. The monoisotopic (exact) mass is 358 g/mol. The molecular formula is C19H26N4OS. The maximum absolute atomic E-state index is 12.9. The van der Waals surface area contributed by atoms with Crippen LogP contribution in [0.25, 0.3) is 0 Å². The van der Waals surface area contributed by atoms with E-state index in [4.69, 9.17) is 0 Å². The van der Waals surface area contributed by atoms with E-state index in [9.17, 15) is 4.79 Å². The Morgan fingerprint density at radius 3 is 2.76 bits per heavy atom. The quantitative estimate of drug-likeness (QED) is 0.843. The van der Waals surface area contributed by atoms with Crippen LogP contribution in [-0.4, -0.2) is 60.5 Å². The molecule has 1 aromatic carbocycles. The minimum absolute atomic E-state index is 0.0539. The van der Waals surface area contributed by atoms with E-state index in [1.54, 1.807) is 11.3 Å². The number of hydrogen-bond donors (Lipinski definition) is 0. The summed E-state index contributed by atoms with van der Waals surface area (Å²) in [7, 11) is 4.02. The molecule has 0 N–H and O–H groups in total. The molecule has 3 rings (SSSR count). The maximum atomic E-state index is 12.9. The van der Waals surface area contributed by atoms with E-state index in [1.807, 2.05) is 24.4 Å². The van der Waals surface area contributed by atoms with Crippen LogP contribution in [0.4, 0.5) is 5.69 Å². The highest BCUT2D eigenvalue weighted by atomic mass is 32.1. The van der Waals surface area contributed by atoms with Crippen molar-refractivity contribution in [2.75, 3.05) is 38.6 Å². The van der Waals surface area contributed by atoms with Crippen molar-refractivity contribution < 1.29 is 4.79 Å². The predicted molar refractivity (Wildman–Crippen MR) is 103 cm³/mol. The molecule has 134 valence electrons. The fourth-order valence-corrected chi connectivity index (χ4v) is 4.18. The molecule has 2 aromatic rings. The molecule has 1 saturated heterocycles. The molecule has 1 amide bonds. The van der Waals surface area contributed by atoms with Crippen LogP contribution in [0.2, 0.25) is 0 Å². The highest BCUT2D eigenvalue weighted by molar-refractivity contribution is 7.09. The van der Waals surface area contributed by atoms with Gasteiger partial charge in [0, 0.05) is 43.3 Å². The molecule has 1 aromatic heterocycles. The van der Waals surface area contributed by atoms with Crippen LogP contribution >= 0.6 is 11.3 Å². The molecule has 0 unspecified atom stereocenters. The smallest absolute Gasteiger partial charge is 0.273 e. The van der Waals surface area contributed by atoms with Crippen LogP contribution < -0.4 is 4.90 Å². The number of amides is 1. The summed E-state index contributed by atoms with van der Waals surface area (Å²) in [5, 5.41) is 2.88. The average molecular weight is 359 g/mol. The summed E-state index contributed by atoms with van der Waals surface area (Å²) < 4.78 is 0. The van der Waals surface area contributed by atoms with Crippen LogP contribution in [0.3, 0.4) is 0 Å². The van der Waals surface area contributed by atoms with Crippen molar-refractivity contribution in [3.63, 3.8) is 0 Å². The zero-order chi connectivity index (χ0) is 18.0. The lowest BCUT2D eigenvalue weighted by Gasteiger charge is -2.41. The zero-order valence-electron chi connectivity index (χ0n) is 15.4. The molecule has 2 heterocycles. The van der Waals surface area contributed by atoms with E-state index in [0.717, 1.165) is 31.2 Å². The first-order valence-electron chi connectivity index (χ1n) is 8.66. The minimum Gasteiger partial charge on any atom is -0.367 e. The lowest BCUT2D eigenvalue weighted by Crippen LogP contribution is -2.54. The molecule has 0 bridgehead atoms. The van der Waals surface area contributed by atoms with E-state index in [1.165, 1.54) is 11.3 Å². The molecule has 6 heteroatoms.